The Bertz CT molecular complexity index is 1140. The highest BCUT2D eigenvalue weighted by Gasteiger charge is 2.17. The maximum absolute atomic E-state index is 12.7. The first-order chi connectivity index (χ1) is 14.3. The number of methoxy groups -OCH3 is 1. The third-order valence-electron chi connectivity index (χ3n) is 4.75. The Hall–Kier alpha value is -3.32. The zero-order chi connectivity index (χ0) is 21.7. The van der Waals surface area contributed by atoms with Gasteiger partial charge in [-0.3, -0.25) is 9.52 Å². The molecule has 3 aromatic carbocycles. The van der Waals surface area contributed by atoms with Crippen LogP contribution in [-0.4, -0.2) is 21.4 Å². The lowest BCUT2D eigenvalue weighted by Crippen LogP contribution is -2.27. The molecule has 30 heavy (non-hydrogen) atoms. The Morgan fingerprint density at radius 3 is 2.33 bits per heavy atom. The average Bonchev–Trinajstić information content (AvgIpc) is 2.74. The normalized spacial score (nSPS) is 12.1. The Balaban J connectivity index is 1.75. The van der Waals surface area contributed by atoms with Crippen molar-refractivity contribution in [2.24, 2.45) is 0 Å². The van der Waals surface area contributed by atoms with E-state index in [1.165, 1.54) is 25.3 Å². The third-order valence-corrected chi connectivity index (χ3v) is 6.15. The number of sulfonamides is 1. The van der Waals surface area contributed by atoms with Gasteiger partial charge >= 0.3 is 0 Å². The first kappa shape index (κ1) is 21.4. The first-order valence-corrected chi connectivity index (χ1v) is 10.9. The molecule has 6 nitrogen and oxygen atoms in total. The largest absolute Gasteiger partial charge is 0.497 e. The zero-order valence-electron chi connectivity index (χ0n) is 17.0. The van der Waals surface area contributed by atoms with Crippen molar-refractivity contribution in [1.29, 1.82) is 0 Å². The van der Waals surface area contributed by atoms with Gasteiger partial charge in [-0.15, -0.1) is 0 Å². The van der Waals surface area contributed by atoms with Crippen molar-refractivity contribution in [3.05, 3.63) is 89.5 Å². The van der Waals surface area contributed by atoms with Gasteiger partial charge in [0.2, 0.25) is 0 Å². The summed E-state index contributed by atoms with van der Waals surface area (Å²) in [5.41, 5.74) is 2.79. The van der Waals surface area contributed by atoms with Gasteiger partial charge in [-0.2, -0.15) is 0 Å². The maximum Gasteiger partial charge on any atom is 0.261 e. The smallest absolute Gasteiger partial charge is 0.261 e. The third kappa shape index (κ3) is 4.99. The van der Waals surface area contributed by atoms with Crippen LogP contribution in [0.25, 0.3) is 0 Å². The van der Waals surface area contributed by atoms with E-state index in [0.29, 0.717) is 17.0 Å². The average molecular weight is 425 g/mol. The molecule has 1 amide bonds. The molecule has 3 aromatic rings. The molecule has 3 rings (SSSR count). The first-order valence-electron chi connectivity index (χ1n) is 9.43. The van der Waals surface area contributed by atoms with Crippen molar-refractivity contribution in [1.82, 2.24) is 5.32 Å². The topological polar surface area (TPSA) is 84.5 Å². The SMILES string of the molecule is COc1ccc(S(=O)(=O)Nc2cccc(C(=O)N[C@H](C)c3ccccc3C)c2)cc1. The standard InChI is InChI=1S/C23H24N2O4S/c1-16-7-4-5-10-22(16)17(2)24-23(26)18-8-6-9-19(15-18)25-30(27,28)21-13-11-20(29-3)12-14-21/h4-15,17,25H,1-3H3,(H,24,26)/t17-/m1/s1. The predicted molar refractivity (Wildman–Crippen MR) is 117 cm³/mol. The fraction of sp³-hybridized carbons (Fsp3) is 0.174. The number of amides is 1. The van der Waals surface area contributed by atoms with Crippen molar-refractivity contribution in [3.8, 4) is 5.75 Å². The van der Waals surface area contributed by atoms with Crippen molar-refractivity contribution in [3.63, 3.8) is 0 Å². The second-order valence-electron chi connectivity index (χ2n) is 6.91. The van der Waals surface area contributed by atoms with Crippen LogP contribution in [0, 0.1) is 6.92 Å². The van der Waals surface area contributed by atoms with E-state index in [9.17, 15) is 13.2 Å². The van der Waals surface area contributed by atoms with Gasteiger partial charge in [-0.1, -0.05) is 30.3 Å². The number of nitrogens with one attached hydrogen (secondary N) is 2. The second-order valence-corrected chi connectivity index (χ2v) is 8.60. The number of hydrogen-bond acceptors (Lipinski definition) is 4. The lowest BCUT2D eigenvalue weighted by atomic mass is 10.0. The molecule has 0 bridgehead atoms. The van der Waals surface area contributed by atoms with Gasteiger partial charge in [0.1, 0.15) is 5.75 Å². The molecule has 156 valence electrons. The van der Waals surface area contributed by atoms with Crippen molar-refractivity contribution in [2.75, 3.05) is 11.8 Å². The molecule has 0 aliphatic heterocycles. The highest BCUT2D eigenvalue weighted by atomic mass is 32.2. The van der Waals surface area contributed by atoms with E-state index in [0.717, 1.165) is 11.1 Å². The van der Waals surface area contributed by atoms with E-state index in [-0.39, 0.29) is 16.8 Å². The summed E-state index contributed by atoms with van der Waals surface area (Å²) in [4.78, 5) is 12.8. The molecule has 0 aliphatic rings. The van der Waals surface area contributed by atoms with Gasteiger partial charge in [0.15, 0.2) is 0 Å². The number of aryl methyl sites for hydroxylation is 1. The molecule has 0 aromatic heterocycles. The number of benzene rings is 3. The van der Waals surface area contributed by atoms with Crippen LogP contribution in [0.1, 0.15) is 34.5 Å². The second kappa shape index (κ2) is 9.00. The van der Waals surface area contributed by atoms with Crippen LogP contribution in [0.15, 0.2) is 77.7 Å². The fourth-order valence-corrected chi connectivity index (χ4v) is 4.17. The van der Waals surface area contributed by atoms with E-state index >= 15 is 0 Å². The Morgan fingerprint density at radius 2 is 1.67 bits per heavy atom. The van der Waals surface area contributed by atoms with Gasteiger partial charge in [-0.25, -0.2) is 8.42 Å². The fourth-order valence-electron chi connectivity index (χ4n) is 3.12. The summed E-state index contributed by atoms with van der Waals surface area (Å²) in [6, 6.07) is 20.1. The molecule has 0 aliphatic carbocycles. The van der Waals surface area contributed by atoms with Crippen molar-refractivity contribution < 1.29 is 17.9 Å². The summed E-state index contributed by atoms with van der Waals surface area (Å²) in [7, 11) is -2.28. The number of carbonyl (C=O) groups excluding carboxylic acids is 1. The highest BCUT2D eigenvalue weighted by Crippen LogP contribution is 2.21. The van der Waals surface area contributed by atoms with E-state index in [4.69, 9.17) is 4.74 Å². The van der Waals surface area contributed by atoms with Crippen molar-refractivity contribution in [2.45, 2.75) is 24.8 Å². The van der Waals surface area contributed by atoms with E-state index < -0.39 is 10.0 Å². The molecule has 7 heteroatoms. The minimum absolute atomic E-state index is 0.103. The van der Waals surface area contributed by atoms with Crippen LogP contribution in [0.2, 0.25) is 0 Å². The molecular formula is C23H24N2O4S. The molecule has 1 atom stereocenters. The van der Waals surface area contributed by atoms with Gasteiger partial charge in [-0.05, 0) is 67.4 Å². The molecule has 0 fully saturated rings. The number of carbonyl (C=O) groups is 1. The van der Waals surface area contributed by atoms with Crippen LogP contribution in [-0.2, 0) is 10.0 Å². The summed E-state index contributed by atoms with van der Waals surface area (Å²) in [6.07, 6.45) is 0. The number of rotatable bonds is 7. The molecule has 0 heterocycles. The summed E-state index contributed by atoms with van der Waals surface area (Å²) < 4.78 is 32.8. The van der Waals surface area contributed by atoms with Crippen LogP contribution in [0.3, 0.4) is 0 Å². The minimum atomic E-state index is -3.79. The Morgan fingerprint density at radius 1 is 0.967 bits per heavy atom. The Kier molecular flexibility index (Phi) is 6.42. The number of ether oxygens (including phenoxy) is 1. The quantitative estimate of drug-likeness (QED) is 0.592. The van der Waals surface area contributed by atoms with Crippen molar-refractivity contribution >= 4 is 21.6 Å². The van der Waals surface area contributed by atoms with Crippen LogP contribution < -0.4 is 14.8 Å². The lowest BCUT2D eigenvalue weighted by molar-refractivity contribution is 0.0940. The van der Waals surface area contributed by atoms with Gasteiger partial charge in [0.25, 0.3) is 15.9 Å². The van der Waals surface area contributed by atoms with Gasteiger partial charge < -0.3 is 10.1 Å². The van der Waals surface area contributed by atoms with E-state index in [1.54, 1.807) is 30.3 Å². The molecule has 0 spiro atoms. The van der Waals surface area contributed by atoms with E-state index in [2.05, 4.69) is 10.0 Å². The van der Waals surface area contributed by atoms with Crippen LogP contribution >= 0.6 is 0 Å². The molecule has 2 N–H and O–H groups in total. The summed E-state index contributed by atoms with van der Waals surface area (Å²) in [5, 5.41) is 2.96. The maximum atomic E-state index is 12.7. The Labute approximate surface area is 177 Å². The highest BCUT2D eigenvalue weighted by molar-refractivity contribution is 7.92. The summed E-state index contributed by atoms with van der Waals surface area (Å²) >= 11 is 0. The number of anilines is 1. The lowest BCUT2D eigenvalue weighted by Gasteiger charge is -2.17. The predicted octanol–water partition coefficient (Wildman–Crippen LogP) is 4.30. The summed E-state index contributed by atoms with van der Waals surface area (Å²) in [6.45, 7) is 3.91. The molecule has 0 radical (unpaired) electrons. The minimum Gasteiger partial charge on any atom is -0.497 e. The molecule has 0 saturated carbocycles. The molecule has 0 unspecified atom stereocenters. The molecule has 0 saturated heterocycles. The van der Waals surface area contributed by atoms with Crippen LogP contribution in [0.4, 0.5) is 5.69 Å². The molecular weight excluding hydrogens is 400 g/mol. The monoisotopic (exact) mass is 424 g/mol. The zero-order valence-corrected chi connectivity index (χ0v) is 17.9. The number of hydrogen-bond donors (Lipinski definition) is 2. The van der Waals surface area contributed by atoms with Gasteiger partial charge in [0, 0.05) is 11.3 Å². The van der Waals surface area contributed by atoms with Gasteiger partial charge in [0.05, 0.1) is 18.0 Å². The van der Waals surface area contributed by atoms with Crippen LogP contribution in [0.5, 0.6) is 5.75 Å². The summed E-state index contributed by atoms with van der Waals surface area (Å²) in [5.74, 6) is 0.284. The van der Waals surface area contributed by atoms with E-state index in [1.807, 2.05) is 38.1 Å².